The van der Waals surface area contributed by atoms with Crippen LogP contribution in [0, 0.1) is 0 Å². The first-order valence-corrected chi connectivity index (χ1v) is 5.12. The van der Waals surface area contributed by atoms with Crippen LogP contribution in [-0.2, 0) is 0 Å². The summed E-state index contributed by atoms with van der Waals surface area (Å²) in [7, 11) is 0. The van der Waals surface area contributed by atoms with Gasteiger partial charge in [-0.15, -0.1) is 0 Å². The van der Waals surface area contributed by atoms with Crippen LogP contribution in [-0.4, -0.2) is 4.98 Å². The molecule has 0 N–H and O–H groups in total. The van der Waals surface area contributed by atoms with Gasteiger partial charge in [-0.25, -0.2) is 0 Å². The summed E-state index contributed by atoms with van der Waals surface area (Å²) < 4.78 is 0. The van der Waals surface area contributed by atoms with Crippen LogP contribution in [0.5, 0.6) is 0 Å². The third-order valence-electron chi connectivity index (χ3n) is 2.06. The molecule has 1 aromatic rings. The molecule has 0 aliphatic heterocycles. The minimum absolute atomic E-state index is 0.924. The van der Waals surface area contributed by atoms with E-state index in [1.165, 1.54) is 25.7 Å². The van der Waals surface area contributed by atoms with Crippen LogP contribution in [0.1, 0.15) is 31.4 Å². The van der Waals surface area contributed by atoms with E-state index >= 15 is 0 Å². The van der Waals surface area contributed by atoms with Crippen LogP contribution in [0.3, 0.4) is 0 Å². The Kier molecular flexibility index (Phi) is 5.41. The first-order chi connectivity index (χ1) is 6.93. The SMILES string of the molecule is C1=CCCCC1.C=Cc1ccccn1. The molecule has 1 heteroatoms. The molecule has 1 nitrogen and oxygen atoms in total. The summed E-state index contributed by atoms with van der Waals surface area (Å²) in [5.74, 6) is 0. The molecule has 0 atom stereocenters. The normalized spacial score (nSPS) is 14.0. The summed E-state index contributed by atoms with van der Waals surface area (Å²) in [6.45, 7) is 3.57. The lowest BCUT2D eigenvalue weighted by Crippen LogP contribution is -1.77. The Balaban J connectivity index is 0.000000146. The van der Waals surface area contributed by atoms with E-state index in [2.05, 4.69) is 23.7 Å². The van der Waals surface area contributed by atoms with E-state index in [-0.39, 0.29) is 0 Å². The first kappa shape index (κ1) is 10.7. The third-order valence-corrected chi connectivity index (χ3v) is 2.06. The standard InChI is InChI=1S/C7H7N.C6H10/c1-2-7-5-3-4-6-8-7;1-2-4-6-5-3-1/h2-6H,1H2;1-2H,3-6H2. The second-order valence-electron chi connectivity index (χ2n) is 3.21. The first-order valence-electron chi connectivity index (χ1n) is 5.12. The molecule has 1 aromatic heterocycles. The topological polar surface area (TPSA) is 12.9 Å². The van der Waals surface area contributed by atoms with Crippen LogP contribution in [0.4, 0.5) is 0 Å². The van der Waals surface area contributed by atoms with Crippen LogP contribution < -0.4 is 0 Å². The summed E-state index contributed by atoms with van der Waals surface area (Å²) in [4.78, 5) is 3.98. The Bertz CT molecular complexity index is 267. The highest BCUT2D eigenvalue weighted by Crippen LogP contribution is 2.07. The molecule has 2 rings (SSSR count). The average Bonchev–Trinajstić information content (AvgIpc) is 2.33. The highest BCUT2D eigenvalue weighted by molar-refractivity contribution is 5.40. The van der Waals surface area contributed by atoms with Crippen LogP contribution in [0.2, 0.25) is 0 Å². The predicted octanol–water partition coefficient (Wildman–Crippen LogP) is 3.84. The minimum atomic E-state index is 0.924. The highest BCUT2D eigenvalue weighted by atomic mass is 14.6. The van der Waals surface area contributed by atoms with Gasteiger partial charge in [-0.2, -0.15) is 0 Å². The molecule has 1 aliphatic carbocycles. The molecule has 0 amide bonds. The molecular formula is C13H17N. The van der Waals surface area contributed by atoms with Crippen LogP contribution >= 0.6 is 0 Å². The van der Waals surface area contributed by atoms with E-state index in [0.717, 1.165) is 5.69 Å². The number of allylic oxidation sites excluding steroid dienone is 2. The fourth-order valence-electron chi connectivity index (χ4n) is 1.26. The van der Waals surface area contributed by atoms with Crippen molar-refractivity contribution in [2.75, 3.05) is 0 Å². The molecule has 0 fully saturated rings. The molecule has 74 valence electrons. The molecule has 0 saturated carbocycles. The molecular weight excluding hydrogens is 170 g/mol. The minimum Gasteiger partial charge on any atom is -0.257 e. The van der Waals surface area contributed by atoms with Crippen LogP contribution in [0.25, 0.3) is 6.08 Å². The van der Waals surface area contributed by atoms with Crippen molar-refractivity contribution in [2.24, 2.45) is 0 Å². The van der Waals surface area contributed by atoms with Gasteiger partial charge in [-0.05, 0) is 43.9 Å². The van der Waals surface area contributed by atoms with Crippen molar-refractivity contribution in [3.8, 4) is 0 Å². The Morgan fingerprint density at radius 3 is 2.14 bits per heavy atom. The van der Waals surface area contributed by atoms with Gasteiger partial charge in [0.25, 0.3) is 0 Å². The second-order valence-corrected chi connectivity index (χ2v) is 3.21. The molecule has 0 bridgehead atoms. The van der Waals surface area contributed by atoms with Gasteiger partial charge in [0.05, 0.1) is 5.69 Å². The number of nitrogens with zero attached hydrogens (tertiary/aromatic N) is 1. The summed E-state index contributed by atoms with van der Waals surface area (Å²) in [6, 6.07) is 5.73. The lowest BCUT2D eigenvalue weighted by Gasteiger charge is -1.97. The van der Waals surface area contributed by atoms with Gasteiger partial charge in [0, 0.05) is 6.20 Å². The molecule has 0 aromatic carbocycles. The number of rotatable bonds is 1. The summed E-state index contributed by atoms with van der Waals surface area (Å²) in [6.07, 6.45) is 13.5. The largest absolute Gasteiger partial charge is 0.257 e. The number of hydrogen-bond donors (Lipinski definition) is 0. The smallest absolute Gasteiger partial charge is 0.0623 e. The van der Waals surface area contributed by atoms with Gasteiger partial charge in [0.2, 0.25) is 0 Å². The molecule has 0 radical (unpaired) electrons. The fourth-order valence-corrected chi connectivity index (χ4v) is 1.26. The molecule has 1 heterocycles. The Morgan fingerprint density at radius 1 is 1.14 bits per heavy atom. The van der Waals surface area contributed by atoms with Gasteiger partial charge in [-0.3, -0.25) is 4.98 Å². The highest BCUT2D eigenvalue weighted by Gasteiger charge is 1.87. The van der Waals surface area contributed by atoms with Crippen molar-refractivity contribution in [3.63, 3.8) is 0 Å². The molecule has 14 heavy (non-hydrogen) atoms. The average molecular weight is 187 g/mol. The lowest BCUT2D eigenvalue weighted by atomic mass is 10.1. The maximum absolute atomic E-state index is 3.98. The maximum Gasteiger partial charge on any atom is 0.0623 e. The van der Waals surface area contributed by atoms with E-state index in [1.807, 2.05) is 18.2 Å². The van der Waals surface area contributed by atoms with Gasteiger partial charge in [-0.1, -0.05) is 24.8 Å². The van der Waals surface area contributed by atoms with Crippen molar-refractivity contribution < 1.29 is 0 Å². The number of hydrogen-bond acceptors (Lipinski definition) is 1. The van der Waals surface area contributed by atoms with Crippen molar-refractivity contribution in [1.29, 1.82) is 0 Å². The van der Waals surface area contributed by atoms with Gasteiger partial charge in [0.1, 0.15) is 0 Å². The van der Waals surface area contributed by atoms with E-state index in [4.69, 9.17) is 0 Å². The quantitative estimate of drug-likeness (QED) is 0.609. The zero-order valence-corrected chi connectivity index (χ0v) is 8.52. The Morgan fingerprint density at radius 2 is 1.86 bits per heavy atom. The van der Waals surface area contributed by atoms with E-state index < -0.39 is 0 Å². The summed E-state index contributed by atoms with van der Waals surface area (Å²) in [5, 5.41) is 0. The van der Waals surface area contributed by atoms with Gasteiger partial charge in [0.15, 0.2) is 0 Å². The lowest BCUT2D eigenvalue weighted by molar-refractivity contribution is 0.730. The third kappa shape index (κ3) is 4.61. The predicted molar refractivity (Wildman–Crippen MR) is 61.9 cm³/mol. The Hall–Kier alpha value is -1.37. The second kappa shape index (κ2) is 7.07. The molecule has 0 spiro atoms. The van der Waals surface area contributed by atoms with Crippen molar-refractivity contribution in [2.45, 2.75) is 25.7 Å². The zero-order chi connectivity index (χ0) is 10.1. The Labute approximate surface area is 86.2 Å². The van der Waals surface area contributed by atoms with E-state index in [9.17, 15) is 0 Å². The fraction of sp³-hybridized carbons (Fsp3) is 0.308. The monoisotopic (exact) mass is 187 g/mol. The van der Waals surface area contributed by atoms with Gasteiger partial charge < -0.3 is 0 Å². The number of aromatic nitrogens is 1. The summed E-state index contributed by atoms with van der Waals surface area (Å²) >= 11 is 0. The van der Waals surface area contributed by atoms with Gasteiger partial charge >= 0.3 is 0 Å². The van der Waals surface area contributed by atoms with E-state index in [0.29, 0.717) is 0 Å². The van der Waals surface area contributed by atoms with Crippen molar-refractivity contribution >= 4 is 6.08 Å². The van der Waals surface area contributed by atoms with Crippen molar-refractivity contribution in [1.82, 2.24) is 4.98 Å². The summed E-state index contributed by atoms with van der Waals surface area (Å²) in [5.41, 5.74) is 0.924. The molecule has 0 unspecified atom stereocenters. The van der Waals surface area contributed by atoms with Crippen molar-refractivity contribution in [3.05, 3.63) is 48.8 Å². The molecule has 1 aliphatic rings. The zero-order valence-electron chi connectivity index (χ0n) is 8.52. The van der Waals surface area contributed by atoms with E-state index in [1.54, 1.807) is 12.3 Å². The molecule has 0 saturated heterocycles. The van der Waals surface area contributed by atoms with Crippen LogP contribution in [0.15, 0.2) is 43.1 Å². The number of pyridine rings is 1. The maximum atomic E-state index is 3.98.